The quantitative estimate of drug-likeness (QED) is 0.459. The Kier molecular flexibility index (Phi) is 13.8. The molecule has 0 heterocycles. The zero-order chi connectivity index (χ0) is 14.1. The molecule has 0 saturated heterocycles. The highest BCUT2D eigenvalue weighted by Crippen LogP contribution is 2.03. The van der Waals surface area contributed by atoms with Crippen LogP contribution in [0.2, 0.25) is 0 Å². The van der Waals surface area contributed by atoms with Gasteiger partial charge in [0.2, 0.25) is 0 Å². The zero-order valence-electron chi connectivity index (χ0n) is 11.5. The van der Waals surface area contributed by atoms with Crippen LogP contribution < -0.4 is 6.15 Å². The average molecular weight is 285 g/mol. The molecule has 0 aliphatic rings. The molecule has 0 saturated carbocycles. The smallest absolute Gasteiger partial charge is 0.397 e. The Balaban J connectivity index is -0.000000277. The molecule has 0 spiro atoms. The number of allylic oxidation sites excluding steroid dienone is 1. The van der Waals surface area contributed by atoms with Crippen molar-refractivity contribution in [1.82, 2.24) is 6.15 Å². The first kappa shape index (κ1) is 22.2. The summed E-state index contributed by atoms with van der Waals surface area (Å²) in [5.74, 6) is -0.188. The van der Waals surface area contributed by atoms with Gasteiger partial charge in [-0.15, -0.1) is 0 Å². The molecule has 0 unspecified atom stereocenters. The standard InChI is InChI=1S/C9H16O2.CH4O4S.H3N/c1-5-6-11-9(10)8(4)7(2)3;1-5-6(2,3)4;/h5-6H2,1-4H3;1H3,(H,2,3,4);1H3. The molecule has 0 fully saturated rings. The topological polar surface area (TPSA) is 125 Å². The zero-order valence-corrected chi connectivity index (χ0v) is 12.3. The average Bonchev–Trinajstić information content (AvgIpc) is 2.24. The van der Waals surface area contributed by atoms with Crippen LogP contribution in [-0.4, -0.2) is 32.7 Å². The second kappa shape index (κ2) is 11.1. The predicted octanol–water partition coefficient (Wildman–Crippen LogP) is 1.89. The van der Waals surface area contributed by atoms with Gasteiger partial charge in [-0.1, -0.05) is 12.5 Å². The summed E-state index contributed by atoms with van der Waals surface area (Å²) in [6, 6.07) is 0. The molecule has 18 heavy (non-hydrogen) atoms. The third-order valence-corrected chi connectivity index (χ3v) is 2.13. The molecule has 0 radical (unpaired) electrons. The summed E-state index contributed by atoms with van der Waals surface area (Å²) in [6.07, 6.45) is 0.877. The van der Waals surface area contributed by atoms with Crippen LogP contribution in [0.3, 0.4) is 0 Å². The minimum absolute atomic E-state index is 0. The van der Waals surface area contributed by atoms with E-state index in [4.69, 9.17) is 9.29 Å². The summed E-state index contributed by atoms with van der Waals surface area (Å²) < 4.78 is 34.6. The molecule has 110 valence electrons. The van der Waals surface area contributed by atoms with Gasteiger partial charge in [-0.25, -0.2) is 4.79 Å². The van der Waals surface area contributed by atoms with Crippen LogP contribution in [0.4, 0.5) is 0 Å². The van der Waals surface area contributed by atoms with Crippen molar-refractivity contribution in [2.24, 2.45) is 0 Å². The van der Waals surface area contributed by atoms with Crippen LogP contribution in [0.5, 0.6) is 0 Å². The molecular weight excluding hydrogens is 262 g/mol. The lowest BCUT2D eigenvalue weighted by molar-refractivity contribution is -0.139. The van der Waals surface area contributed by atoms with E-state index in [2.05, 4.69) is 4.18 Å². The van der Waals surface area contributed by atoms with Crippen molar-refractivity contribution in [1.29, 1.82) is 0 Å². The van der Waals surface area contributed by atoms with Gasteiger partial charge in [0.05, 0.1) is 13.7 Å². The maximum atomic E-state index is 11.1. The van der Waals surface area contributed by atoms with Crippen molar-refractivity contribution in [2.75, 3.05) is 13.7 Å². The van der Waals surface area contributed by atoms with E-state index in [0.29, 0.717) is 6.61 Å². The molecule has 7 nitrogen and oxygen atoms in total. The minimum Gasteiger partial charge on any atom is -0.462 e. The number of hydrogen-bond donors (Lipinski definition) is 2. The molecule has 0 amide bonds. The third-order valence-electron chi connectivity index (χ3n) is 1.70. The van der Waals surface area contributed by atoms with E-state index in [1.807, 2.05) is 20.8 Å². The fourth-order valence-corrected chi connectivity index (χ4v) is 0.507. The summed E-state index contributed by atoms with van der Waals surface area (Å²) in [4.78, 5) is 11.1. The molecule has 0 aliphatic heterocycles. The number of rotatable bonds is 4. The summed E-state index contributed by atoms with van der Waals surface area (Å²) in [5, 5.41) is 0. The van der Waals surface area contributed by atoms with Gasteiger partial charge in [0.15, 0.2) is 0 Å². The van der Waals surface area contributed by atoms with Crippen molar-refractivity contribution in [3.8, 4) is 0 Å². The lowest BCUT2D eigenvalue weighted by atomic mass is 10.2. The predicted molar refractivity (Wildman–Crippen MR) is 68.9 cm³/mol. The Hall–Kier alpha value is -0.960. The molecule has 0 atom stereocenters. The van der Waals surface area contributed by atoms with Gasteiger partial charge in [0.25, 0.3) is 0 Å². The van der Waals surface area contributed by atoms with E-state index in [9.17, 15) is 13.2 Å². The van der Waals surface area contributed by atoms with Crippen LogP contribution in [0, 0.1) is 0 Å². The maximum absolute atomic E-state index is 11.1. The monoisotopic (exact) mass is 285 g/mol. The molecule has 4 N–H and O–H groups in total. The summed E-state index contributed by atoms with van der Waals surface area (Å²) >= 11 is 0. The molecule has 0 aromatic carbocycles. The van der Waals surface area contributed by atoms with E-state index in [-0.39, 0.29) is 12.1 Å². The largest absolute Gasteiger partial charge is 0.462 e. The first-order valence-corrected chi connectivity index (χ1v) is 6.36. The van der Waals surface area contributed by atoms with Crippen LogP contribution in [0.1, 0.15) is 34.1 Å². The van der Waals surface area contributed by atoms with E-state index < -0.39 is 10.4 Å². The number of ether oxygens (including phenoxy) is 1. The van der Waals surface area contributed by atoms with Crippen LogP contribution in [0.25, 0.3) is 0 Å². The lowest BCUT2D eigenvalue weighted by Gasteiger charge is -2.03. The lowest BCUT2D eigenvalue weighted by Crippen LogP contribution is -2.07. The van der Waals surface area contributed by atoms with Crippen molar-refractivity contribution in [3.05, 3.63) is 11.1 Å². The number of hydrogen-bond acceptors (Lipinski definition) is 6. The van der Waals surface area contributed by atoms with E-state index >= 15 is 0 Å². The normalized spacial score (nSPS) is 9.44. The second-order valence-electron chi connectivity index (χ2n) is 3.36. The fraction of sp³-hybridized carbons (Fsp3) is 0.700. The molecule has 0 aliphatic carbocycles. The van der Waals surface area contributed by atoms with Crippen molar-refractivity contribution in [2.45, 2.75) is 34.1 Å². The minimum atomic E-state index is -4.16. The Morgan fingerprint density at radius 1 is 1.22 bits per heavy atom. The Morgan fingerprint density at radius 3 is 1.83 bits per heavy atom. The van der Waals surface area contributed by atoms with Gasteiger partial charge in [-0.3, -0.25) is 8.74 Å². The second-order valence-corrected chi connectivity index (χ2v) is 4.54. The van der Waals surface area contributed by atoms with E-state index in [0.717, 1.165) is 24.7 Å². The SMILES string of the molecule is CCCOC(=O)C(C)=C(C)C.COS(=O)(=O)O.N. The van der Waals surface area contributed by atoms with E-state index in [1.54, 1.807) is 6.92 Å². The molecular formula is C10H23NO6S. The summed E-state index contributed by atoms with van der Waals surface area (Å²) in [5.41, 5.74) is 1.74. The third kappa shape index (κ3) is 15.0. The first-order valence-electron chi connectivity index (χ1n) is 4.99. The highest BCUT2D eigenvalue weighted by atomic mass is 32.3. The van der Waals surface area contributed by atoms with Gasteiger partial charge in [0.1, 0.15) is 0 Å². The first-order chi connectivity index (χ1) is 7.65. The molecule has 0 aromatic heterocycles. The maximum Gasteiger partial charge on any atom is 0.397 e. The molecule has 8 heteroatoms. The van der Waals surface area contributed by atoms with Crippen LogP contribution in [-0.2, 0) is 24.1 Å². The highest BCUT2D eigenvalue weighted by Gasteiger charge is 2.05. The Morgan fingerprint density at radius 2 is 1.61 bits per heavy atom. The number of carbonyl (C=O) groups excluding carboxylic acids is 1. The molecule has 0 bridgehead atoms. The van der Waals surface area contributed by atoms with E-state index in [1.165, 1.54) is 0 Å². The molecule has 0 rings (SSSR count). The highest BCUT2D eigenvalue weighted by molar-refractivity contribution is 7.80. The van der Waals surface area contributed by atoms with Gasteiger partial charge in [-0.05, 0) is 27.2 Å². The van der Waals surface area contributed by atoms with Crippen LogP contribution >= 0.6 is 0 Å². The van der Waals surface area contributed by atoms with Crippen molar-refractivity contribution < 1.29 is 26.7 Å². The Bertz CT molecular complexity index is 357. The van der Waals surface area contributed by atoms with Gasteiger partial charge >= 0.3 is 16.4 Å². The van der Waals surface area contributed by atoms with Gasteiger partial charge in [0, 0.05) is 5.57 Å². The van der Waals surface area contributed by atoms with Crippen molar-refractivity contribution in [3.63, 3.8) is 0 Å². The van der Waals surface area contributed by atoms with Crippen molar-refractivity contribution >= 4 is 16.4 Å². The number of carbonyl (C=O) groups is 1. The Labute approximate surface area is 109 Å². The van der Waals surface area contributed by atoms with Gasteiger partial charge in [-0.2, -0.15) is 8.42 Å². The van der Waals surface area contributed by atoms with Crippen LogP contribution in [0.15, 0.2) is 11.1 Å². The summed E-state index contributed by atoms with van der Waals surface area (Å²) in [6.45, 7) is 8.09. The summed E-state index contributed by atoms with van der Waals surface area (Å²) in [7, 11) is -3.29. The number of esters is 1. The van der Waals surface area contributed by atoms with Gasteiger partial charge < -0.3 is 10.9 Å². The molecule has 0 aromatic rings. The fourth-order valence-electron chi connectivity index (χ4n) is 0.507.